The molecular weight excluding hydrogens is 330 g/mol. The summed E-state index contributed by atoms with van der Waals surface area (Å²) in [6.07, 6.45) is 0.402. The highest BCUT2D eigenvalue weighted by atomic mass is 35.5. The molecule has 0 aliphatic carbocycles. The second-order valence-electron chi connectivity index (χ2n) is 5.38. The Bertz CT molecular complexity index is 707. The number of rotatable bonds is 3. The number of para-hydroxylation sites is 1. The molecule has 0 aromatic heterocycles. The summed E-state index contributed by atoms with van der Waals surface area (Å²) in [6, 6.07) is 15.2. The highest BCUT2D eigenvalue weighted by Crippen LogP contribution is 2.34. The van der Waals surface area contributed by atoms with Crippen molar-refractivity contribution in [2.45, 2.75) is 24.3 Å². The van der Waals surface area contributed by atoms with Crippen molar-refractivity contribution in [2.24, 2.45) is 0 Å². The number of ether oxygens (including phenoxy) is 1. The average molecular weight is 348 g/mol. The number of hydrogen-bond donors (Lipinski definition) is 0. The Balaban J connectivity index is 1.79. The Labute approximate surface area is 145 Å². The summed E-state index contributed by atoms with van der Waals surface area (Å²) in [7, 11) is 0. The molecule has 2 aromatic rings. The lowest BCUT2D eigenvalue weighted by Gasteiger charge is -2.26. The molecule has 3 nitrogen and oxygen atoms in total. The van der Waals surface area contributed by atoms with E-state index < -0.39 is 6.10 Å². The molecule has 1 unspecified atom stereocenters. The minimum absolute atomic E-state index is 0.0278. The van der Waals surface area contributed by atoms with E-state index in [0.717, 1.165) is 22.8 Å². The van der Waals surface area contributed by atoms with E-state index in [0.29, 0.717) is 17.3 Å². The van der Waals surface area contributed by atoms with Gasteiger partial charge in [0.2, 0.25) is 0 Å². The lowest BCUT2D eigenvalue weighted by molar-refractivity contribution is -0.124. The molecule has 1 aliphatic rings. The molecule has 0 radical (unpaired) electrons. The first-order valence-corrected chi connectivity index (χ1v) is 8.97. The molecule has 0 spiro atoms. The first-order chi connectivity index (χ1) is 11.1. The van der Waals surface area contributed by atoms with Gasteiger partial charge in [-0.05, 0) is 49.4 Å². The highest BCUT2D eigenvalue weighted by molar-refractivity contribution is 7.99. The molecule has 3 rings (SSSR count). The van der Waals surface area contributed by atoms with Crippen LogP contribution in [0.3, 0.4) is 0 Å². The topological polar surface area (TPSA) is 29.5 Å². The van der Waals surface area contributed by atoms with E-state index in [1.165, 1.54) is 0 Å². The average Bonchev–Trinajstić information content (AvgIpc) is 2.76. The lowest BCUT2D eigenvalue weighted by Crippen LogP contribution is -2.41. The van der Waals surface area contributed by atoms with Gasteiger partial charge in [-0.25, -0.2) is 0 Å². The van der Waals surface area contributed by atoms with E-state index in [-0.39, 0.29) is 5.91 Å². The van der Waals surface area contributed by atoms with Crippen LogP contribution < -0.4 is 9.64 Å². The van der Waals surface area contributed by atoms with Crippen molar-refractivity contribution in [1.29, 1.82) is 0 Å². The SMILES string of the molecule is CC(Oc1cccc(Cl)c1)C(=O)N1CCCSc2ccccc21. The van der Waals surface area contributed by atoms with Crippen LogP contribution in [-0.2, 0) is 4.79 Å². The molecule has 5 heteroatoms. The number of halogens is 1. The number of benzene rings is 2. The van der Waals surface area contributed by atoms with Crippen molar-refractivity contribution >= 4 is 35.0 Å². The molecule has 0 saturated carbocycles. The lowest BCUT2D eigenvalue weighted by atomic mass is 10.2. The third kappa shape index (κ3) is 3.82. The minimum Gasteiger partial charge on any atom is -0.481 e. The third-order valence-corrected chi connectivity index (χ3v) is 5.05. The molecule has 1 aliphatic heterocycles. The zero-order valence-electron chi connectivity index (χ0n) is 12.9. The van der Waals surface area contributed by atoms with Crippen LogP contribution in [0.1, 0.15) is 13.3 Å². The second-order valence-corrected chi connectivity index (χ2v) is 6.95. The van der Waals surface area contributed by atoms with Gasteiger partial charge in [-0.1, -0.05) is 29.8 Å². The molecule has 2 aromatic carbocycles. The van der Waals surface area contributed by atoms with Crippen molar-refractivity contribution in [3.05, 3.63) is 53.6 Å². The number of hydrogen-bond acceptors (Lipinski definition) is 3. The van der Waals surface area contributed by atoms with Crippen LogP contribution in [0.15, 0.2) is 53.4 Å². The summed E-state index contributed by atoms with van der Waals surface area (Å²) in [5, 5.41) is 0.596. The maximum atomic E-state index is 12.9. The molecule has 120 valence electrons. The van der Waals surface area contributed by atoms with Gasteiger partial charge in [-0.15, -0.1) is 11.8 Å². The van der Waals surface area contributed by atoms with Gasteiger partial charge in [0.05, 0.1) is 5.69 Å². The first kappa shape index (κ1) is 16.2. The van der Waals surface area contributed by atoms with Crippen molar-refractivity contribution in [1.82, 2.24) is 0 Å². The number of carbonyl (C=O) groups is 1. The van der Waals surface area contributed by atoms with Crippen molar-refractivity contribution in [2.75, 3.05) is 17.2 Å². The monoisotopic (exact) mass is 347 g/mol. The van der Waals surface area contributed by atoms with E-state index in [2.05, 4.69) is 6.07 Å². The van der Waals surface area contributed by atoms with Gasteiger partial charge in [0, 0.05) is 16.5 Å². The number of fused-ring (bicyclic) bond motifs is 1. The number of carbonyl (C=O) groups excluding carboxylic acids is 1. The molecule has 1 atom stereocenters. The zero-order valence-corrected chi connectivity index (χ0v) is 14.4. The number of amides is 1. The van der Waals surface area contributed by atoms with Crippen LogP contribution in [0.25, 0.3) is 0 Å². The third-order valence-electron chi connectivity index (χ3n) is 3.66. The van der Waals surface area contributed by atoms with Crippen LogP contribution in [0.2, 0.25) is 5.02 Å². The molecule has 0 bridgehead atoms. The van der Waals surface area contributed by atoms with Crippen LogP contribution in [-0.4, -0.2) is 24.3 Å². The standard InChI is InChI=1S/C18H18ClNO2S/c1-13(22-15-7-4-6-14(19)12-15)18(21)20-10-5-11-23-17-9-3-2-8-16(17)20/h2-4,6-9,12-13H,5,10-11H2,1H3. The smallest absolute Gasteiger partial charge is 0.267 e. The number of nitrogens with zero attached hydrogens (tertiary/aromatic N) is 1. The molecule has 0 fully saturated rings. The number of thioether (sulfide) groups is 1. The van der Waals surface area contributed by atoms with Gasteiger partial charge >= 0.3 is 0 Å². The fourth-order valence-electron chi connectivity index (χ4n) is 2.57. The molecule has 0 saturated heterocycles. The predicted molar refractivity (Wildman–Crippen MR) is 95.7 cm³/mol. The van der Waals surface area contributed by atoms with Gasteiger partial charge in [-0.2, -0.15) is 0 Å². The maximum Gasteiger partial charge on any atom is 0.267 e. The fraction of sp³-hybridized carbons (Fsp3) is 0.278. The van der Waals surface area contributed by atoms with Gasteiger partial charge in [0.1, 0.15) is 5.75 Å². The molecular formula is C18H18ClNO2S. The van der Waals surface area contributed by atoms with Crippen molar-refractivity contribution < 1.29 is 9.53 Å². The molecule has 23 heavy (non-hydrogen) atoms. The molecule has 1 heterocycles. The summed E-state index contributed by atoms with van der Waals surface area (Å²) in [5.41, 5.74) is 0.974. The van der Waals surface area contributed by atoms with Crippen LogP contribution >= 0.6 is 23.4 Å². The summed E-state index contributed by atoms with van der Waals surface area (Å²) in [4.78, 5) is 15.8. The maximum absolute atomic E-state index is 12.9. The normalized spacial score (nSPS) is 15.5. The Morgan fingerprint density at radius 1 is 1.26 bits per heavy atom. The van der Waals surface area contributed by atoms with Gasteiger partial charge in [0.15, 0.2) is 6.10 Å². The van der Waals surface area contributed by atoms with Crippen molar-refractivity contribution in [3.8, 4) is 5.75 Å². The van der Waals surface area contributed by atoms with E-state index in [1.54, 1.807) is 30.8 Å². The van der Waals surface area contributed by atoms with Crippen LogP contribution in [0.5, 0.6) is 5.75 Å². The Kier molecular flexibility index (Phi) is 5.13. The highest BCUT2D eigenvalue weighted by Gasteiger charge is 2.26. The van der Waals surface area contributed by atoms with Gasteiger partial charge in [0.25, 0.3) is 5.91 Å². The van der Waals surface area contributed by atoms with Gasteiger partial charge in [-0.3, -0.25) is 4.79 Å². The Hall–Kier alpha value is -1.65. The number of anilines is 1. The zero-order chi connectivity index (χ0) is 16.2. The van der Waals surface area contributed by atoms with E-state index in [9.17, 15) is 4.79 Å². The molecule has 1 amide bonds. The largest absolute Gasteiger partial charge is 0.481 e. The summed E-state index contributed by atoms with van der Waals surface area (Å²) >= 11 is 7.76. The Morgan fingerprint density at radius 3 is 2.91 bits per heavy atom. The van der Waals surface area contributed by atoms with E-state index >= 15 is 0 Å². The predicted octanol–water partition coefficient (Wildman–Crippen LogP) is 4.64. The quantitative estimate of drug-likeness (QED) is 0.810. The van der Waals surface area contributed by atoms with E-state index in [1.807, 2.05) is 35.2 Å². The van der Waals surface area contributed by atoms with Crippen LogP contribution in [0.4, 0.5) is 5.69 Å². The summed E-state index contributed by atoms with van der Waals surface area (Å²) < 4.78 is 5.78. The molecule has 0 N–H and O–H groups in total. The Morgan fingerprint density at radius 2 is 2.09 bits per heavy atom. The second kappa shape index (κ2) is 7.28. The van der Waals surface area contributed by atoms with E-state index in [4.69, 9.17) is 16.3 Å². The minimum atomic E-state index is -0.565. The first-order valence-electron chi connectivity index (χ1n) is 7.60. The van der Waals surface area contributed by atoms with Gasteiger partial charge < -0.3 is 9.64 Å². The van der Waals surface area contributed by atoms with Crippen LogP contribution in [0, 0.1) is 0 Å². The summed E-state index contributed by atoms with van der Waals surface area (Å²) in [5.74, 6) is 1.60. The van der Waals surface area contributed by atoms with Crippen molar-refractivity contribution in [3.63, 3.8) is 0 Å². The fourth-order valence-corrected chi connectivity index (χ4v) is 3.75. The summed E-state index contributed by atoms with van der Waals surface area (Å²) in [6.45, 7) is 2.50.